The highest BCUT2D eigenvalue weighted by Crippen LogP contribution is 2.36. The number of rotatable bonds is 2. The van der Waals surface area contributed by atoms with Crippen molar-refractivity contribution in [3.05, 3.63) is 0 Å². The molecule has 80 valence electrons. The summed E-state index contributed by atoms with van der Waals surface area (Å²) in [6.07, 6.45) is 0.331. The Labute approximate surface area is 83.9 Å². The standard InChI is InChI=1S/C10H17NO3/c1-4-11-6-7(9(13)14)10(2,3)5-8(11)12/h7H,4-6H2,1-3H3,(H,13,14). The van der Waals surface area contributed by atoms with Crippen molar-refractivity contribution in [3.8, 4) is 0 Å². The smallest absolute Gasteiger partial charge is 0.308 e. The first-order valence-electron chi connectivity index (χ1n) is 4.89. The summed E-state index contributed by atoms with van der Waals surface area (Å²) < 4.78 is 0. The molecule has 0 aromatic carbocycles. The van der Waals surface area contributed by atoms with Gasteiger partial charge in [-0.1, -0.05) is 13.8 Å². The van der Waals surface area contributed by atoms with Gasteiger partial charge in [0.1, 0.15) is 0 Å². The number of aliphatic carboxylic acids is 1. The Kier molecular flexibility index (Phi) is 2.83. The molecule has 1 heterocycles. The SMILES string of the molecule is CCN1CC(C(=O)O)C(C)(C)CC1=O. The van der Waals surface area contributed by atoms with Crippen LogP contribution in [0.5, 0.6) is 0 Å². The monoisotopic (exact) mass is 199 g/mol. The molecule has 1 aliphatic rings. The largest absolute Gasteiger partial charge is 0.481 e. The van der Waals surface area contributed by atoms with E-state index in [9.17, 15) is 9.59 Å². The average molecular weight is 199 g/mol. The van der Waals surface area contributed by atoms with Crippen LogP contribution >= 0.6 is 0 Å². The Hall–Kier alpha value is -1.06. The molecule has 1 aliphatic heterocycles. The highest BCUT2D eigenvalue weighted by atomic mass is 16.4. The lowest BCUT2D eigenvalue weighted by Gasteiger charge is -2.40. The van der Waals surface area contributed by atoms with Crippen LogP contribution in [0.4, 0.5) is 0 Å². The van der Waals surface area contributed by atoms with Crippen LogP contribution in [0.3, 0.4) is 0 Å². The number of piperidine rings is 1. The molecular weight excluding hydrogens is 182 g/mol. The molecule has 4 nitrogen and oxygen atoms in total. The summed E-state index contributed by atoms with van der Waals surface area (Å²) in [4.78, 5) is 24.2. The lowest BCUT2D eigenvalue weighted by atomic mass is 9.73. The predicted molar refractivity (Wildman–Crippen MR) is 51.8 cm³/mol. The van der Waals surface area contributed by atoms with E-state index in [0.29, 0.717) is 19.5 Å². The summed E-state index contributed by atoms with van der Waals surface area (Å²) in [5.74, 6) is -1.18. The van der Waals surface area contributed by atoms with E-state index in [1.54, 1.807) is 4.90 Å². The van der Waals surface area contributed by atoms with Gasteiger partial charge in [-0.15, -0.1) is 0 Å². The van der Waals surface area contributed by atoms with Crippen molar-refractivity contribution in [2.45, 2.75) is 27.2 Å². The minimum atomic E-state index is -0.805. The van der Waals surface area contributed by atoms with Gasteiger partial charge >= 0.3 is 5.97 Å². The van der Waals surface area contributed by atoms with E-state index in [2.05, 4.69) is 0 Å². The molecule has 1 rings (SSSR count). The van der Waals surface area contributed by atoms with Crippen molar-refractivity contribution >= 4 is 11.9 Å². The third kappa shape index (κ3) is 1.89. The van der Waals surface area contributed by atoms with Crippen LogP contribution in [0.15, 0.2) is 0 Å². The molecule has 0 saturated carbocycles. The van der Waals surface area contributed by atoms with E-state index in [0.717, 1.165) is 0 Å². The molecule has 0 aromatic heterocycles. The van der Waals surface area contributed by atoms with Gasteiger partial charge in [0.25, 0.3) is 0 Å². The number of carboxylic acid groups (broad SMARTS) is 1. The van der Waals surface area contributed by atoms with Crippen LogP contribution < -0.4 is 0 Å². The summed E-state index contributed by atoms with van der Waals surface area (Å²) in [5, 5.41) is 9.04. The van der Waals surface area contributed by atoms with Crippen molar-refractivity contribution < 1.29 is 14.7 Å². The zero-order valence-corrected chi connectivity index (χ0v) is 8.91. The van der Waals surface area contributed by atoms with Crippen molar-refractivity contribution in [2.75, 3.05) is 13.1 Å². The lowest BCUT2D eigenvalue weighted by molar-refractivity contribution is -0.155. The summed E-state index contributed by atoms with van der Waals surface area (Å²) in [6, 6.07) is 0. The van der Waals surface area contributed by atoms with E-state index in [-0.39, 0.29) is 5.91 Å². The van der Waals surface area contributed by atoms with E-state index >= 15 is 0 Å². The Morgan fingerprint density at radius 3 is 2.64 bits per heavy atom. The van der Waals surface area contributed by atoms with Gasteiger partial charge in [-0.2, -0.15) is 0 Å². The quantitative estimate of drug-likeness (QED) is 0.720. The number of carbonyl (C=O) groups excluding carboxylic acids is 1. The summed E-state index contributed by atoms with van der Waals surface area (Å²) in [5.41, 5.74) is -0.422. The van der Waals surface area contributed by atoms with Gasteiger partial charge in [0.2, 0.25) is 5.91 Å². The normalized spacial score (nSPS) is 26.4. The van der Waals surface area contributed by atoms with Crippen LogP contribution in [0.2, 0.25) is 0 Å². The van der Waals surface area contributed by atoms with Gasteiger partial charge < -0.3 is 10.0 Å². The molecule has 0 radical (unpaired) electrons. The maximum atomic E-state index is 11.5. The molecule has 1 N–H and O–H groups in total. The highest BCUT2D eigenvalue weighted by Gasteiger charge is 2.43. The molecule has 0 aromatic rings. The van der Waals surface area contributed by atoms with Crippen LogP contribution in [-0.2, 0) is 9.59 Å². The molecule has 0 bridgehead atoms. The first kappa shape index (κ1) is 11.0. The molecule has 1 fully saturated rings. The zero-order chi connectivity index (χ0) is 10.9. The first-order valence-corrected chi connectivity index (χ1v) is 4.89. The molecule has 4 heteroatoms. The molecule has 1 saturated heterocycles. The van der Waals surface area contributed by atoms with Gasteiger partial charge in [0, 0.05) is 19.5 Å². The molecule has 1 amide bonds. The Bertz CT molecular complexity index is 260. The van der Waals surface area contributed by atoms with E-state index < -0.39 is 17.3 Å². The number of amides is 1. The highest BCUT2D eigenvalue weighted by molar-refractivity contribution is 5.81. The molecule has 14 heavy (non-hydrogen) atoms. The van der Waals surface area contributed by atoms with Gasteiger partial charge in [0.05, 0.1) is 5.92 Å². The average Bonchev–Trinajstić information content (AvgIpc) is 2.01. The Morgan fingerprint density at radius 1 is 1.64 bits per heavy atom. The molecule has 0 aliphatic carbocycles. The molecule has 1 unspecified atom stereocenters. The molecule has 1 atom stereocenters. The number of carboxylic acids is 1. The number of likely N-dealkylation sites (tertiary alicyclic amines) is 1. The van der Waals surface area contributed by atoms with Gasteiger partial charge in [-0.25, -0.2) is 0 Å². The lowest BCUT2D eigenvalue weighted by Crippen LogP contribution is -2.50. The summed E-state index contributed by atoms with van der Waals surface area (Å²) in [6.45, 7) is 6.50. The third-order valence-electron chi connectivity index (χ3n) is 2.99. The fraction of sp³-hybridized carbons (Fsp3) is 0.800. The number of hydrogen-bond acceptors (Lipinski definition) is 2. The van der Waals surface area contributed by atoms with Crippen LogP contribution in [0.25, 0.3) is 0 Å². The van der Waals surface area contributed by atoms with E-state index in [4.69, 9.17) is 5.11 Å². The van der Waals surface area contributed by atoms with Crippen molar-refractivity contribution in [1.82, 2.24) is 4.90 Å². The third-order valence-corrected chi connectivity index (χ3v) is 2.99. The van der Waals surface area contributed by atoms with Crippen LogP contribution in [-0.4, -0.2) is 35.0 Å². The van der Waals surface area contributed by atoms with E-state index in [1.165, 1.54) is 0 Å². The number of carbonyl (C=O) groups is 2. The molecule has 0 spiro atoms. The maximum absolute atomic E-state index is 11.5. The summed E-state index contributed by atoms with van der Waals surface area (Å²) >= 11 is 0. The minimum absolute atomic E-state index is 0.0648. The summed E-state index contributed by atoms with van der Waals surface area (Å²) in [7, 11) is 0. The van der Waals surface area contributed by atoms with Crippen LogP contribution in [0, 0.1) is 11.3 Å². The van der Waals surface area contributed by atoms with Crippen LogP contribution in [0.1, 0.15) is 27.2 Å². The Morgan fingerprint density at radius 2 is 2.21 bits per heavy atom. The zero-order valence-electron chi connectivity index (χ0n) is 8.91. The predicted octanol–water partition coefficient (Wildman–Crippen LogP) is 0.966. The Balaban J connectivity index is 2.85. The maximum Gasteiger partial charge on any atom is 0.308 e. The van der Waals surface area contributed by atoms with E-state index in [1.807, 2.05) is 20.8 Å². The fourth-order valence-electron chi connectivity index (χ4n) is 1.91. The van der Waals surface area contributed by atoms with Gasteiger partial charge in [0.15, 0.2) is 0 Å². The second kappa shape index (κ2) is 3.59. The minimum Gasteiger partial charge on any atom is -0.481 e. The topological polar surface area (TPSA) is 57.6 Å². The van der Waals surface area contributed by atoms with Gasteiger partial charge in [-0.05, 0) is 12.3 Å². The first-order chi connectivity index (χ1) is 6.38. The second-order valence-electron chi connectivity index (χ2n) is 4.49. The molecular formula is C10H17NO3. The van der Waals surface area contributed by atoms with Crippen molar-refractivity contribution in [1.29, 1.82) is 0 Å². The van der Waals surface area contributed by atoms with Crippen molar-refractivity contribution in [2.24, 2.45) is 11.3 Å². The van der Waals surface area contributed by atoms with Crippen molar-refractivity contribution in [3.63, 3.8) is 0 Å². The number of nitrogens with zero attached hydrogens (tertiary/aromatic N) is 1. The second-order valence-corrected chi connectivity index (χ2v) is 4.49. The number of hydrogen-bond donors (Lipinski definition) is 1. The van der Waals surface area contributed by atoms with Gasteiger partial charge in [-0.3, -0.25) is 9.59 Å². The fourth-order valence-corrected chi connectivity index (χ4v) is 1.91.